The summed E-state index contributed by atoms with van der Waals surface area (Å²) in [5.41, 5.74) is 4.00. The van der Waals surface area contributed by atoms with Crippen molar-refractivity contribution in [3.63, 3.8) is 0 Å². The summed E-state index contributed by atoms with van der Waals surface area (Å²) in [7, 11) is 0. The van der Waals surface area contributed by atoms with Gasteiger partial charge in [-0.15, -0.1) is 0 Å². The fourth-order valence-electron chi connectivity index (χ4n) is 3.44. The first kappa shape index (κ1) is 18.6. The zero-order chi connectivity index (χ0) is 18.4. The zero-order valence-electron chi connectivity index (χ0n) is 15.8. The van der Waals surface area contributed by atoms with Gasteiger partial charge in [-0.25, -0.2) is 4.68 Å². The third-order valence-corrected chi connectivity index (χ3v) is 4.96. The molecule has 0 unspecified atom stereocenters. The van der Waals surface area contributed by atoms with Crippen molar-refractivity contribution in [3.05, 3.63) is 47.3 Å². The number of piperazine rings is 1. The van der Waals surface area contributed by atoms with Crippen LogP contribution in [0.3, 0.4) is 0 Å². The highest BCUT2D eigenvalue weighted by Gasteiger charge is 2.16. The standard InChI is InChI=1S/C20H29N5O/c1-16-19(17(2)25(23-16)18-7-4-3-5-8-18)15-20(26)22-9-6-12-24-13-10-21-11-14-24/h3-5,7-8,21H,6,9-15H2,1-2H3,(H,22,26). The number of amides is 1. The summed E-state index contributed by atoms with van der Waals surface area (Å²) in [6.45, 7) is 10.1. The highest BCUT2D eigenvalue weighted by atomic mass is 16.1. The molecule has 3 rings (SSSR count). The summed E-state index contributed by atoms with van der Waals surface area (Å²) < 4.78 is 1.92. The van der Waals surface area contributed by atoms with Crippen LogP contribution < -0.4 is 10.6 Å². The van der Waals surface area contributed by atoms with Crippen LogP contribution in [0, 0.1) is 13.8 Å². The number of nitrogens with zero attached hydrogens (tertiary/aromatic N) is 3. The summed E-state index contributed by atoms with van der Waals surface area (Å²) in [4.78, 5) is 14.8. The van der Waals surface area contributed by atoms with Crippen LogP contribution in [0.25, 0.3) is 5.69 Å². The molecule has 2 aromatic rings. The summed E-state index contributed by atoms with van der Waals surface area (Å²) in [5, 5.41) is 11.0. The molecule has 0 spiro atoms. The van der Waals surface area contributed by atoms with Crippen LogP contribution in [-0.4, -0.2) is 59.9 Å². The molecule has 2 N–H and O–H groups in total. The van der Waals surface area contributed by atoms with E-state index in [1.54, 1.807) is 0 Å². The molecule has 1 fully saturated rings. The molecule has 1 saturated heterocycles. The van der Waals surface area contributed by atoms with E-state index >= 15 is 0 Å². The third-order valence-electron chi connectivity index (χ3n) is 4.96. The van der Waals surface area contributed by atoms with Crippen molar-refractivity contribution in [3.8, 4) is 5.69 Å². The number of benzene rings is 1. The highest BCUT2D eigenvalue weighted by molar-refractivity contribution is 5.79. The number of aryl methyl sites for hydroxylation is 1. The summed E-state index contributed by atoms with van der Waals surface area (Å²) >= 11 is 0. The number of carbonyl (C=O) groups excluding carboxylic acids is 1. The van der Waals surface area contributed by atoms with Crippen molar-refractivity contribution in [2.45, 2.75) is 26.7 Å². The first-order chi connectivity index (χ1) is 12.6. The van der Waals surface area contributed by atoms with Gasteiger partial charge in [-0.05, 0) is 38.9 Å². The molecule has 6 nitrogen and oxygen atoms in total. The molecule has 0 bridgehead atoms. The lowest BCUT2D eigenvalue weighted by Gasteiger charge is -2.27. The summed E-state index contributed by atoms with van der Waals surface area (Å²) in [6, 6.07) is 10.0. The molecular weight excluding hydrogens is 326 g/mol. The van der Waals surface area contributed by atoms with Gasteiger partial charge >= 0.3 is 0 Å². The Labute approximate surface area is 155 Å². The van der Waals surface area contributed by atoms with E-state index in [1.807, 2.05) is 48.9 Å². The number of aromatic nitrogens is 2. The van der Waals surface area contributed by atoms with Crippen LogP contribution >= 0.6 is 0 Å². The number of para-hydroxylation sites is 1. The molecule has 1 aliphatic rings. The van der Waals surface area contributed by atoms with Crippen LogP contribution in [0.4, 0.5) is 0 Å². The van der Waals surface area contributed by atoms with Gasteiger partial charge in [0.1, 0.15) is 0 Å². The van der Waals surface area contributed by atoms with Gasteiger partial charge in [0.25, 0.3) is 0 Å². The minimum atomic E-state index is 0.0733. The number of rotatable bonds is 7. The molecule has 0 atom stereocenters. The van der Waals surface area contributed by atoms with Crippen molar-refractivity contribution < 1.29 is 4.79 Å². The van der Waals surface area contributed by atoms with Gasteiger partial charge in [0.15, 0.2) is 0 Å². The minimum Gasteiger partial charge on any atom is -0.356 e. The van der Waals surface area contributed by atoms with E-state index in [0.29, 0.717) is 6.42 Å². The average molecular weight is 355 g/mol. The van der Waals surface area contributed by atoms with Gasteiger partial charge in [-0.2, -0.15) is 5.10 Å². The molecule has 2 heterocycles. The third kappa shape index (κ3) is 4.71. The van der Waals surface area contributed by atoms with Crippen LogP contribution in [0.5, 0.6) is 0 Å². The van der Waals surface area contributed by atoms with Crippen molar-refractivity contribution >= 4 is 5.91 Å². The molecular formula is C20H29N5O. The highest BCUT2D eigenvalue weighted by Crippen LogP contribution is 2.18. The predicted molar refractivity (Wildman–Crippen MR) is 104 cm³/mol. The lowest BCUT2D eigenvalue weighted by atomic mass is 10.1. The lowest BCUT2D eigenvalue weighted by Crippen LogP contribution is -2.44. The molecule has 26 heavy (non-hydrogen) atoms. The molecule has 0 aliphatic carbocycles. The number of hydrogen-bond donors (Lipinski definition) is 2. The smallest absolute Gasteiger partial charge is 0.224 e. The first-order valence-electron chi connectivity index (χ1n) is 9.45. The minimum absolute atomic E-state index is 0.0733. The second-order valence-electron chi connectivity index (χ2n) is 6.87. The molecule has 6 heteroatoms. The van der Waals surface area contributed by atoms with E-state index < -0.39 is 0 Å². The zero-order valence-corrected chi connectivity index (χ0v) is 15.8. The number of hydrogen-bond acceptors (Lipinski definition) is 4. The molecule has 1 aromatic heterocycles. The molecule has 140 valence electrons. The Balaban J connectivity index is 1.50. The first-order valence-corrected chi connectivity index (χ1v) is 9.45. The Morgan fingerprint density at radius 2 is 1.92 bits per heavy atom. The van der Waals surface area contributed by atoms with Crippen molar-refractivity contribution in [1.82, 2.24) is 25.3 Å². The fraction of sp³-hybridized carbons (Fsp3) is 0.500. The van der Waals surface area contributed by atoms with Crippen molar-refractivity contribution in [1.29, 1.82) is 0 Å². The van der Waals surface area contributed by atoms with Gasteiger partial charge in [0, 0.05) is 44.0 Å². The number of nitrogens with one attached hydrogen (secondary N) is 2. The predicted octanol–water partition coefficient (Wildman–Crippen LogP) is 1.44. The summed E-state index contributed by atoms with van der Waals surface area (Å²) in [6.07, 6.45) is 1.38. The van der Waals surface area contributed by atoms with Gasteiger partial charge in [-0.3, -0.25) is 4.79 Å². The normalized spacial score (nSPS) is 15.2. The van der Waals surface area contributed by atoms with Gasteiger partial charge in [0.2, 0.25) is 5.91 Å². The summed E-state index contributed by atoms with van der Waals surface area (Å²) in [5.74, 6) is 0.0733. The maximum Gasteiger partial charge on any atom is 0.224 e. The topological polar surface area (TPSA) is 62.2 Å². The Morgan fingerprint density at radius 1 is 1.19 bits per heavy atom. The molecule has 1 amide bonds. The fourth-order valence-corrected chi connectivity index (χ4v) is 3.44. The molecule has 0 saturated carbocycles. The van der Waals surface area contributed by atoms with E-state index in [0.717, 1.165) is 68.3 Å². The van der Waals surface area contributed by atoms with Crippen molar-refractivity contribution in [2.75, 3.05) is 39.3 Å². The van der Waals surface area contributed by atoms with Gasteiger partial charge in [0.05, 0.1) is 17.8 Å². The van der Waals surface area contributed by atoms with Gasteiger partial charge in [-0.1, -0.05) is 18.2 Å². The molecule has 1 aliphatic heterocycles. The quantitative estimate of drug-likeness (QED) is 0.738. The Bertz CT molecular complexity index is 719. The van der Waals surface area contributed by atoms with Crippen LogP contribution in [-0.2, 0) is 11.2 Å². The molecule has 1 aromatic carbocycles. The Hall–Kier alpha value is -2.18. The second kappa shape index (κ2) is 8.96. The lowest BCUT2D eigenvalue weighted by molar-refractivity contribution is -0.120. The Morgan fingerprint density at radius 3 is 2.65 bits per heavy atom. The second-order valence-corrected chi connectivity index (χ2v) is 6.87. The average Bonchev–Trinajstić information content (AvgIpc) is 2.95. The van der Waals surface area contributed by atoms with Crippen LogP contribution in [0.1, 0.15) is 23.4 Å². The van der Waals surface area contributed by atoms with E-state index in [1.165, 1.54) is 0 Å². The Kier molecular flexibility index (Phi) is 6.41. The number of carbonyl (C=O) groups is 1. The van der Waals surface area contributed by atoms with Crippen LogP contribution in [0.15, 0.2) is 30.3 Å². The SMILES string of the molecule is Cc1nn(-c2ccccc2)c(C)c1CC(=O)NCCCN1CCNCC1. The maximum atomic E-state index is 12.3. The van der Waals surface area contributed by atoms with E-state index in [2.05, 4.69) is 20.6 Å². The van der Waals surface area contributed by atoms with E-state index in [4.69, 9.17) is 0 Å². The van der Waals surface area contributed by atoms with Crippen molar-refractivity contribution in [2.24, 2.45) is 0 Å². The van der Waals surface area contributed by atoms with Crippen LogP contribution in [0.2, 0.25) is 0 Å². The van der Waals surface area contributed by atoms with E-state index in [9.17, 15) is 4.79 Å². The molecule has 0 radical (unpaired) electrons. The maximum absolute atomic E-state index is 12.3. The van der Waals surface area contributed by atoms with Gasteiger partial charge < -0.3 is 15.5 Å². The largest absolute Gasteiger partial charge is 0.356 e. The monoisotopic (exact) mass is 355 g/mol. The van der Waals surface area contributed by atoms with E-state index in [-0.39, 0.29) is 5.91 Å².